The highest BCUT2D eigenvalue weighted by molar-refractivity contribution is 5.92. The standard InChI is InChI=1S/C37H40F6O8/c1-18-16-35(47)26(27(18)50-32(46)21-8-12-23(13-9-21)37(41,42)43)30-34(51-30,17-49-31(45)20-6-10-22(11-7-20)36(38,39)40)15-14-24-25(33(24,3)4)28(48-5)19(2)29(35)44/h6-13,18-19,24-28,30,47H,14-17H2,1-5H3/t18-,19+,24-,25-,26+,27-,28+,30+,34+,35+/m0/s1. The molecule has 0 amide bonds. The van der Waals surface area contributed by atoms with Gasteiger partial charge in [0.25, 0.3) is 0 Å². The predicted molar refractivity (Wildman–Crippen MR) is 167 cm³/mol. The molecule has 8 nitrogen and oxygen atoms in total. The minimum Gasteiger partial charge on any atom is -0.459 e. The van der Waals surface area contributed by atoms with Gasteiger partial charge in [-0.2, -0.15) is 26.3 Å². The molecule has 1 aliphatic heterocycles. The van der Waals surface area contributed by atoms with Crippen LogP contribution in [-0.2, 0) is 36.1 Å². The Morgan fingerprint density at radius 2 is 1.39 bits per heavy atom. The molecule has 278 valence electrons. The van der Waals surface area contributed by atoms with Gasteiger partial charge in [-0.15, -0.1) is 0 Å². The van der Waals surface area contributed by atoms with E-state index < -0.39 is 88.5 Å². The third kappa shape index (κ3) is 6.56. The number of carbonyl (C=O) groups is 3. The number of halogens is 6. The second kappa shape index (κ2) is 12.6. The summed E-state index contributed by atoms with van der Waals surface area (Å²) in [5.41, 5.74) is -5.77. The van der Waals surface area contributed by atoms with Gasteiger partial charge in [0, 0.05) is 13.0 Å². The van der Waals surface area contributed by atoms with E-state index in [1.54, 1.807) is 13.8 Å². The van der Waals surface area contributed by atoms with Crippen LogP contribution in [0.15, 0.2) is 48.5 Å². The lowest BCUT2D eigenvalue weighted by molar-refractivity contribution is -0.153. The van der Waals surface area contributed by atoms with Crippen LogP contribution in [0.5, 0.6) is 0 Å². The van der Waals surface area contributed by atoms with E-state index in [1.807, 2.05) is 0 Å². The monoisotopic (exact) mass is 726 g/mol. The number of alkyl halides is 6. The Morgan fingerprint density at radius 3 is 1.90 bits per heavy atom. The topological polar surface area (TPSA) is 112 Å². The lowest BCUT2D eigenvalue weighted by atomic mass is 9.74. The molecule has 1 N–H and O–H groups in total. The second-order valence-electron chi connectivity index (χ2n) is 15.2. The van der Waals surface area contributed by atoms with E-state index >= 15 is 0 Å². The number of carbonyl (C=O) groups excluding carboxylic acids is 3. The smallest absolute Gasteiger partial charge is 0.416 e. The van der Waals surface area contributed by atoms with Gasteiger partial charge in [0.05, 0.1) is 34.3 Å². The van der Waals surface area contributed by atoms with Gasteiger partial charge in [0.15, 0.2) is 5.78 Å². The van der Waals surface area contributed by atoms with Crippen molar-refractivity contribution in [1.29, 1.82) is 0 Å². The SMILES string of the molecule is CO[C@H]1[C@@H]2[C@H](CC[C@]3(COC(=O)c4ccc(C(F)(F)F)cc4)O[C@@H]3[C@H]3[C@@H](OC(=O)c4ccc(C(F)(F)F)cc4)[C@@H](C)C[C@]3(O)C(=O)[C@@H]1C)C2(C)C. The van der Waals surface area contributed by atoms with Gasteiger partial charge in [-0.05, 0) is 91.0 Å². The van der Waals surface area contributed by atoms with Crippen LogP contribution in [0, 0.1) is 35.0 Å². The summed E-state index contributed by atoms with van der Waals surface area (Å²) in [6.07, 6.45) is -11.1. The molecule has 0 spiro atoms. The number of rotatable bonds is 6. The molecular formula is C37H40F6O8. The largest absolute Gasteiger partial charge is 0.459 e. The maximum Gasteiger partial charge on any atom is 0.416 e. The number of epoxide rings is 1. The van der Waals surface area contributed by atoms with Crippen molar-refractivity contribution in [3.63, 3.8) is 0 Å². The van der Waals surface area contributed by atoms with Crippen LogP contribution in [0.4, 0.5) is 26.3 Å². The fourth-order valence-corrected chi connectivity index (χ4v) is 8.90. The molecule has 2 aromatic carbocycles. The Kier molecular flexibility index (Phi) is 9.19. The van der Waals surface area contributed by atoms with Crippen LogP contribution in [-0.4, -0.2) is 66.1 Å². The molecule has 4 aliphatic rings. The third-order valence-electron chi connectivity index (χ3n) is 11.8. The molecule has 2 aromatic rings. The molecule has 10 atom stereocenters. The van der Waals surface area contributed by atoms with Crippen LogP contribution in [0.25, 0.3) is 0 Å². The van der Waals surface area contributed by atoms with Gasteiger partial charge < -0.3 is 24.1 Å². The second-order valence-corrected chi connectivity index (χ2v) is 15.2. The van der Waals surface area contributed by atoms with Crippen LogP contribution in [0.3, 0.4) is 0 Å². The van der Waals surface area contributed by atoms with Crippen molar-refractivity contribution in [3.8, 4) is 0 Å². The average Bonchev–Trinajstić information content (AvgIpc) is 3.88. The summed E-state index contributed by atoms with van der Waals surface area (Å²) in [6, 6.07) is 7.01. The number of Topliss-reactive ketones (excluding diaryl/α,β-unsaturated/α-hetero) is 1. The van der Waals surface area contributed by atoms with Crippen molar-refractivity contribution in [3.05, 3.63) is 70.8 Å². The Labute approximate surface area is 290 Å². The zero-order chi connectivity index (χ0) is 37.5. The van der Waals surface area contributed by atoms with Gasteiger partial charge in [0.2, 0.25) is 0 Å². The lowest BCUT2D eigenvalue weighted by Crippen LogP contribution is -2.53. The van der Waals surface area contributed by atoms with Crippen LogP contribution in [0.1, 0.15) is 78.8 Å². The first-order valence-corrected chi connectivity index (χ1v) is 16.9. The normalized spacial score (nSPS) is 35.8. The number of esters is 2. The van der Waals surface area contributed by atoms with E-state index in [9.17, 15) is 45.8 Å². The zero-order valence-corrected chi connectivity index (χ0v) is 28.6. The number of hydrogen-bond acceptors (Lipinski definition) is 8. The summed E-state index contributed by atoms with van der Waals surface area (Å²) in [4.78, 5) is 40.9. The molecule has 0 unspecified atom stereocenters. The summed E-state index contributed by atoms with van der Waals surface area (Å²) in [6.45, 7) is 7.13. The number of ether oxygens (including phenoxy) is 4. The molecule has 6 rings (SSSR count). The Balaban J connectivity index is 1.32. The van der Waals surface area contributed by atoms with Gasteiger partial charge in [-0.25, -0.2) is 9.59 Å². The minimum atomic E-state index is -4.62. The first-order chi connectivity index (χ1) is 23.7. The van der Waals surface area contributed by atoms with Crippen molar-refractivity contribution in [2.45, 2.75) is 88.8 Å². The highest BCUT2D eigenvalue weighted by Crippen LogP contribution is 2.66. The summed E-state index contributed by atoms with van der Waals surface area (Å²) in [7, 11) is 1.51. The molecule has 0 aromatic heterocycles. The highest BCUT2D eigenvalue weighted by Gasteiger charge is 2.74. The maximum absolute atomic E-state index is 14.4. The average molecular weight is 727 g/mol. The Hall–Kier alpha value is -3.49. The van der Waals surface area contributed by atoms with Crippen LogP contribution in [0.2, 0.25) is 0 Å². The summed E-state index contributed by atoms with van der Waals surface area (Å²) in [5.74, 6) is -4.94. The van der Waals surface area contributed by atoms with Gasteiger partial charge in [-0.3, -0.25) is 4.79 Å². The van der Waals surface area contributed by atoms with E-state index in [0.29, 0.717) is 12.8 Å². The molecule has 1 heterocycles. The number of aliphatic hydroxyl groups is 1. The molecule has 1 saturated heterocycles. The Bertz CT molecular complexity index is 1670. The number of hydrogen-bond donors (Lipinski definition) is 1. The molecule has 3 saturated carbocycles. The maximum atomic E-state index is 14.4. The van der Waals surface area contributed by atoms with E-state index in [2.05, 4.69) is 13.8 Å². The zero-order valence-electron chi connectivity index (χ0n) is 28.6. The molecule has 0 radical (unpaired) electrons. The summed E-state index contributed by atoms with van der Waals surface area (Å²) < 4.78 is 102. The fraction of sp³-hybridized carbons (Fsp3) is 0.595. The van der Waals surface area contributed by atoms with Crippen molar-refractivity contribution >= 4 is 17.7 Å². The van der Waals surface area contributed by atoms with E-state index in [1.165, 1.54) is 7.11 Å². The van der Waals surface area contributed by atoms with Crippen molar-refractivity contribution < 1.29 is 64.8 Å². The molecule has 51 heavy (non-hydrogen) atoms. The molecule has 4 fully saturated rings. The number of methoxy groups -OCH3 is 1. The molecule has 0 bridgehead atoms. The molecular weight excluding hydrogens is 686 g/mol. The number of benzene rings is 2. The van der Waals surface area contributed by atoms with Gasteiger partial charge in [-0.1, -0.05) is 27.7 Å². The summed E-state index contributed by atoms with van der Waals surface area (Å²) >= 11 is 0. The number of ketones is 1. The first-order valence-electron chi connectivity index (χ1n) is 16.9. The third-order valence-corrected chi connectivity index (χ3v) is 11.8. The Morgan fingerprint density at radius 1 is 0.863 bits per heavy atom. The first kappa shape index (κ1) is 37.3. The van der Waals surface area contributed by atoms with Crippen molar-refractivity contribution in [2.75, 3.05) is 13.7 Å². The quantitative estimate of drug-likeness (QED) is 0.194. The van der Waals surface area contributed by atoms with E-state index in [4.69, 9.17) is 18.9 Å². The fourth-order valence-electron chi connectivity index (χ4n) is 8.90. The lowest BCUT2D eigenvalue weighted by Gasteiger charge is -2.35. The van der Waals surface area contributed by atoms with Crippen molar-refractivity contribution in [1.82, 2.24) is 0 Å². The van der Waals surface area contributed by atoms with E-state index in [-0.39, 0.29) is 41.4 Å². The highest BCUT2D eigenvalue weighted by atomic mass is 19.4. The molecule has 3 aliphatic carbocycles. The van der Waals surface area contributed by atoms with E-state index in [0.717, 1.165) is 48.5 Å². The minimum absolute atomic E-state index is 0.0577. The summed E-state index contributed by atoms with van der Waals surface area (Å²) in [5, 5.41) is 12.4. The van der Waals surface area contributed by atoms with Crippen molar-refractivity contribution in [2.24, 2.45) is 35.0 Å². The van der Waals surface area contributed by atoms with Crippen LogP contribution >= 0.6 is 0 Å². The van der Waals surface area contributed by atoms with Gasteiger partial charge in [0.1, 0.15) is 30.0 Å². The molecule has 14 heteroatoms. The van der Waals surface area contributed by atoms with Gasteiger partial charge >= 0.3 is 24.3 Å². The van der Waals surface area contributed by atoms with Crippen LogP contribution < -0.4 is 0 Å². The number of fused-ring (bicyclic) bond motifs is 4. The predicted octanol–water partition coefficient (Wildman–Crippen LogP) is 6.92.